The molecule has 0 fully saturated rings. The predicted molar refractivity (Wildman–Crippen MR) is 70.1 cm³/mol. The van der Waals surface area contributed by atoms with Crippen molar-refractivity contribution in [2.45, 2.75) is 13.8 Å². The van der Waals surface area contributed by atoms with Gasteiger partial charge < -0.3 is 9.64 Å². The van der Waals surface area contributed by atoms with Crippen molar-refractivity contribution in [1.29, 1.82) is 0 Å². The number of hydrogen-bond acceptors (Lipinski definition) is 6. The van der Waals surface area contributed by atoms with Crippen LogP contribution in [0.15, 0.2) is 12.3 Å². The van der Waals surface area contributed by atoms with Gasteiger partial charge in [-0.25, -0.2) is 4.98 Å². The van der Waals surface area contributed by atoms with Gasteiger partial charge in [-0.05, 0) is 6.92 Å². The number of esters is 1. The fourth-order valence-electron chi connectivity index (χ4n) is 1.69. The lowest BCUT2D eigenvalue weighted by atomic mass is 10.1. The van der Waals surface area contributed by atoms with Gasteiger partial charge in [0.2, 0.25) is 0 Å². The number of methoxy groups -OCH3 is 1. The fraction of sp³-hybridized carbons (Fsp3) is 0.500. The molecule has 0 radical (unpaired) electrons. The van der Waals surface area contributed by atoms with Crippen LogP contribution < -0.4 is 4.90 Å². The lowest BCUT2D eigenvalue weighted by Crippen LogP contribution is -2.29. The molecule has 1 aromatic rings. The SMILES string of the molecule is COC(=O)C(C)CN(C)c1cc([N+](=O)[O-])c(C)cn1. The molecule has 1 rings (SSSR count). The summed E-state index contributed by atoms with van der Waals surface area (Å²) in [6.07, 6.45) is 1.45. The highest BCUT2D eigenvalue weighted by molar-refractivity contribution is 5.72. The van der Waals surface area contributed by atoms with Crippen LogP contribution >= 0.6 is 0 Å². The summed E-state index contributed by atoms with van der Waals surface area (Å²) in [6.45, 7) is 3.73. The molecule has 7 nitrogen and oxygen atoms in total. The third kappa shape index (κ3) is 3.64. The minimum Gasteiger partial charge on any atom is -0.469 e. The van der Waals surface area contributed by atoms with Gasteiger partial charge in [-0.3, -0.25) is 14.9 Å². The first kappa shape index (κ1) is 14.9. The predicted octanol–water partition coefficient (Wildman–Crippen LogP) is 1.54. The molecule has 1 atom stereocenters. The van der Waals surface area contributed by atoms with Crippen LogP contribution in [0, 0.1) is 23.0 Å². The summed E-state index contributed by atoms with van der Waals surface area (Å²) in [4.78, 5) is 27.6. The van der Waals surface area contributed by atoms with Crippen molar-refractivity contribution in [3.05, 3.63) is 27.9 Å². The molecule has 0 aromatic carbocycles. The molecule has 0 aliphatic carbocycles. The number of pyridine rings is 1. The number of ether oxygens (including phenoxy) is 1. The van der Waals surface area contributed by atoms with Gasteiger partial charge in [-0.15, -0.1) is 0 Å². The summed E-state index contributed by atoms with van der Waals surface area (Å²) in [6, 6.07) is 1.40. The molecule has 1 unspecified atom stereocenters. The van der Waals surface area contributed by atoms with Gasteiger partial charge in [0, 0.05) is 25.4 Å². The summed E-state index contributed by atoms with van der Waals surface area (Å²) >= 11 is 0. The summed E-state index contributed by atoms with van der Waals surface area (Å²) in [5.41, 5.74) is 0.519. The number of nitrogens with zero attached hydrogens (tertiary/aromatic N) is 3. The van der Waals surface area contributed by atoms with Gasteiger partial charge in [0.1, 0.15) is 5.82 Å². The normalized spacial score (nSPS) is 11.8. The number of nitro groups is 1. The number of anilines is 1. The minimum absolute atomic E-state index is 0.0163. The Balaban J connectivity index is 2.88. The Morgan fingerprint density at radius 3 is 2.79 bits per heavy atom. The molecule has 19 heavy (non-hydrogen) atoms. The zero-order valence-corrected chi connectivity index (χ0v) is 11.4. The molecule has 0 N–H and O–H groups in total. The van der Waals surface area contributed by atoms with Gasteiger partial charge >= 0.3 is 5.97 Å². The van der Waals surface area contributed by atoms with Crippen LogP contribution in [-0.4, -0.2) is 36.6 Å². The van der Waals surface area contributed by atoms with E-state index in [1.165, 1.54) is 19.4 Å². The molecular weight excluding hydrogens is 250 g/mol. The van der Waals surface area contributed by atoms with Crippen LogP contribution in [0.25, 0.3) is 0 Å². The average molecular weight is 267 g/mol. The van der Waals surface area contributed by atoms with Gasteiger partial charge in [0.25, 0.3) is 5.69 Å². The van der Waals surface area contributed by atoms with Gasteiger partial charge in [-0.1, -0.05) is 6.92 Å². The number of hydrogen-bond donors (Lipinski definition) is 0. The second kappa shape index (κ2) is 6.12. The van der Waals surface area contributed by atoms with E-state index < -0.39 is 4.92 Å². The van der Waals surface area contributed by atoms with E-state index in [4.69, 9.17) is 0 Å². The van der Waals surface area contributed by atoms with E-state index in [0.717, 1.165) is 0 Å². The molecule has 104 valence electrons. The van der Waals surface area contributed by atoms with Crippen LogP contribution in [0.4, 0.5) is 11.5 Å². The maximum atomic E-state index is 11.3. The van der Waals surface area contributed by atoms with E-state index in [1.807, 2.05) is 0 Å². The van der Waals surface area contributed by atoms with Crippen LogP contribution in [0.3, 0.4) is 0 Å². The summed E-state index contributed by atoms with van der Waals surface area (Å²) in [5.74, 6) is -0.210. The molecular formula is C12H17N3O4. The third-order valence-electron chi connectivity index (χ3n) is 2.80. The van der Waals surface area contributed by atoms with E-state index in [0.29, 0.717) is 17.9 Å². The Labute approximate surface area is 111 Å². The van der Waals surface area contributed by atoms with E-state index in [-0.39, 0.29) is 17.6 Å². The molecule has 0 saturated heterocycles. The van der Waals surface area contributed by atoms with Crippen LogP contribution in [0.2, 0.25) is 0 Å². The molecule has 1 aromatic heterocycles. The molecule has 0 aliphatic rings. The zero-order valence-electron chi connectivity index (χ0n) is 11.4. The highest BCUT2D eigenvalue weighted by Gasteiger charge is 2.19. The van der Waals surface area contributed by atoms with Crippen LogP contribution in [0.5, 0.6) is 0 Å². The number of rotatable bonds is 5. The molecule has 1 heterocycles. The van der Waals surface area contributed by atoms with Crippen molar-refractivity contribution in [2.75, 3.05) is 25.6 Å². The molecule has 0 amide bonds. The highest BCUT2D eigenvalue weighted by Crippen LogP contribution is 2.22. The molecule has 7 heteroatoms. The molecule has 0 saturated carbocycles. The minimum atomic E-state index is -0.446. The topological polar surface area (TPSA) is 85.6 Å². The van der Waals surface area contributed by atoms with Gasteiger partial charge in [-0.2, -0.15) is 0 Å². The lowest BCUT2D eigenvalue weighted by Gasteiger charge is -2.21. The van der Waals surface area contributed by atoms with Gasteiger partial charge in [0.05, 0.1) is 24.0 Å². The Hall–Kier alpha value is -2.18. The highest BCUT2D eigenvalue weighted by atomic mass is 16.6. The van der Waals surface area contributed by atoms with Crippen molar-refractivity contribution in [2.24, 2.45) is 5.92 Å². The molecule has 0 aliphatic heterocycles. The Morgan fingerprint density at radius 2 is 2.26 bits per heavy atom. The van der Waals surface area contributed by atoms with Crippen molar-refractivity contribution in [3.8, 4) is 0 Å². The first-order valence-corrected chi connectivity index (χ1v) is 5.76. The Kier molecular flexibility index (Phi) is 4.80. The van der Waals surface area contributed by atoms with E-state index in [1.54, 1.807) is 25.8 Å². The number of carbonyl (C=O) groups is 1. The Morgan fingerprint density at radius 1 is 1.63 bits per heavy atom. The van der Waals surface area contributed by atoms with E-state index >= 15 is 0 Å². The zero-order chi connectivity index (χ0) is 14.6. The number of aromatic nitrogens is 1. The number of aryl methyl sites for hydroxylation is 1. The molecule has 0 spiro atoms. The Bertz CT molecular complexity index is 490. The van der Waals surface area contributed by atoms with Crippen molar-refractivity contribution < 1.29 is 14.5 Å². The van der Waals surface area contributed by atoms with E-state index in [2.05, 4.69) is 9.72 Å². The van der Waals surface area contributed by atoms with Crippen molar-refractivity contribution in [3.63, 3.8) is 0 Å². The largest absolute Gasteiger partial charge is 0.469 e. The van der Waals surface area contributed by atoms with Crippen LogP contribution in [0.1, 0.15) is 12.5 Å². The summed E-state index contributed by atoms with van der Waals surface area (Å²) in [7, 11) is 3.05. The lowest BCUT2D eigenvalue weighted by molar-refractivity contribution is -0.385. The average Bonchev–Trinajstić information content (AvgIpc) is 2.37. The monoisotopic (exact) mass is 267 g/mol. The quantitative estimate of drug-likeness (QED) is 0.457. The molecule has 0 bridgehead atoms. The second-order valence-electron chi connectivity index (χ2n) is 4.39. The third-order valence-corrected chi connectivity index (χ3v) is 2.80. The standard InChI is InChI=1S/C12H17N3O4/c1-8-6-13-11(5-10(8)15(17)18)14(3)7-9(2)12(16)19-4/h5-6,9H,7H2,1-4H3. The maximum Gasteiger partial charge on any atom is 0.310 e. The smallest absolute Gasteiger partial charge is 0.310 e. The maximum absolute atomic E-state index is 11.3. The van der Waals surface area contributed by atoms with Crippen molar-refractivity contribution in [1.82, 2.24) is 4.98 Å². The van der Waals surface area contributed by atoms with Crippen LogP contribution in [-0.2, 0) is 9.53 Å². The fourth-order valence-corrected chi connectivity index (χ4v) is 1.69. The van der Waals surface area contributed by atoms with Gasteiger partial charge in [0.15, 0.2) is 0 Å². The second-order valence-corrected chi connectivity index (χ2v) is 4.39. The first-order valence-electron chi connectivity index (χ1n) is 5.76. The summed E-state index contributed by atoms with van der Waals surface area (Å²) < 4.78 is 4.64. The number of carbonyl (C=O) groups excluding carboxylic acids is 1. The first-order chi connectivity index (χ1) is 8.86. The van der Waals surface area contributed by atoms with Crippen molar-refractivity contribution >= 4 is 17.5 Å². The summed E-state index contributed by atoms with van der Waals surface area (Å²) in [5, 5.41) is 10.9. The van der Waals surface area contributed by atoms with E-state index in [9.17, 15) is 14.9 Å².